The third kappa shape index (κ3) is 4.44. The Labute approximate surface area is 189 Å². The Kier molecular flexibility index (Phi) is 6.53. The lowest BCUT2D eigenvalue weighted by Gasteiger charge is -2.21. The topological polar surface area (TPSA) is 177 Å². The van der Waals surface area contributed by atoms with E-state index >= 15 is 0 Å². The minimum absolute atomic E-state index is 0.000628. The Hall–Kier alpha value is -3.74. The van der Waals surface area contributed by atoms with Crippen LogP contribution in [0.1, 0.15) is 25.8 Å². The zero-order chi connectivity index (χ0) is 24.5. The van der Waals surface area contributed by atoms with Crippen LogP contribution in [0, 0.1) is 4.78 Å². The lowest BCUT2D eigenvalue weighted by Crippen LogP contribution is -2.45. The molecule has 33 heavy (non-hydrogen) atoms. The monoisotopic (exact) mass is 475 g/mol. The molecule has 3 aromatic rings. The van der Waals surface area contributed by atoms with Gasteiger partial charge in [-0.15, -0.1) is 0 Å². The van der Waals surface area contributed by atoms with Crippen LogP contribution < -0.4 is 11.4 Å². The van der Waals surface area contributed by atoms with Gasteiger partial charge >= 0.3 is 17.7 Å². The summed E-state index contributed by atoms with van der Waals surface area (Å²) in [6, 6.07) is 6.74. The summed E-state index contributed by atoms with van der Waals surface area (Å²) < 4.78 is 22.8. The Morgan fingerprint density at radius 1 is 1.27 bits per heavy atom. The molecule has 4 N–H and O–H groups in total. The number of hydrogen-bond donors (Lipinski definition) is 3. The first-order valence-corrected chi connectivity index (χ1v) is 11.8. The largest absolute Gasteiger partial charge is 0.480 e. The van der Waals surface area contributed by atoms with E-state index in [9.17, 15) is 23.7 Å². The normalized spacial score (nSPS) is 14.0. The average molecular weight is 476 g/mol. The highest BCUT2D eigenvalue weighted by molar-refractivity contribution is 7.92. The van der Waals surface area contributed by atoms with E-state index in [1.807, 2.05) is 0 Å². The molecule has 3 rings (SSSR count). The standard InChI is InChI=1S/C20H25N7O5S/c1-4-10-33(22,32)18-23-15(21)14-16(24-18)26(11-13-8-6-5-7-9-13)20(31)27(14)19(30)25(3)12(2)17(28)29/h5-9,12,22H,4,10-11H2,1-3H3,(H,28,29)(H2,21,23,24). The molecule has 0 aliphatic carbocycles. The molecule has 1 aromatic carbocycles. The van der Waals surface area contributed by atoms with Crippen LogP contribution in [0.4, 0.5) is 10.6 Å². The number of rotatable bonds is 7. The second-order valence-electron chi connectivity index (χ2n) is 7.54. The fraction of sp³-hybridized carbons (Fsp3) is 0.350. The molecule has 176 valence electrons. The predicted octanol–water partition coefficient (Wildman–Crippen LogP) is 1.41. The van der Waals surface area contributed by atoms with Gasteiger partial charge in [0.2, 0.25) is 5.16 Å². The first kappa shape index (κ1) is 23.9. The number of aliphatic carboxylic acids is 1. The van der Waals surface area contributed by atoms with E-state index in [4.69, 9.17) is 10.5 Å². The smallest absolute Gasteiger partial charge is 0.339 e. The zero-order valence-corrected chi connectivity index (χ0v) is 19.2. The van der Waals surface area contributed by atoms with E-state index in [0.29, 0.717) is 11.0 Å². The van der Waals surface area contributed by atoms with Gasteiger partial charge in [0.05, 0.1) is 6.54 Å². The molecule has 0 bridgehead atoms. The lowest BCUT2D eigenvalue weighted by atomic mass is 10.2. The van der Waals surface area contributed by atoms with E-state index in [-0.39, 0.29) is 34.4 Å². The van der Waals surface area contributed by atoms with Crippen molar-refractivity contribution in [3.05, 3.63) is 46.4 Å². The summed E-state index contributed by atoms with van der Waals surface area (Å²) in [4.78, 5) is 46.9. The molecule has 2 unspecified atom stereocenters. The van der Waals surface area contributed by atoms with E-state index < -0.39 is 33.5 Å². The van der Waals surface area contributed by atoms with Crippen molar-refractivity contribution < 1.29 is 18.9 Å². The van der Waals surface area contributed by atoms with Gasteiger partial charge in [-0.25, -0.2) is 32.9 Å². The third-order valence-electron chi connectivity index (χ3n) is 5.17. The van der Waals surface area contributed by atoms with Crippen LogP contribution in [-0.2, 0) is 21.1 Å². The molecule has 0 spiro atoms. The van der Waals surface area contributed by atoms with Crippen molar-refractivity contribution in [3.63, 3.8) is 0 Å². The average Bonchev–Trinajstić information content (AvgIpc) is 3.04. The number of aromatic nitrogens is 4. The van der Waals surface area contributed by atoms with Crippen molar-refractivity contribution in [2.45, 2.75) is 38.0 Å². The third-order valence-corrected chi connectivity index (χ3v) is 6.93. The number of nitrogen functional groups attached to an aromatic ring is 1. The molecule has 1 amide bonds. The van der Waals surface area contributed by atoms with E-state index in [0.717, 1.165) is 10.5 Å². The fourth-order valence-electron chi connectivity index (χ4n) is 3.25. The number of nitrogens with zero attached hydrogens (tertiary/aromatic N) is 5. The van der Waals surface area contributed by atoms with Gasteiger partial charge in [0.25, 0.3) is 0 Å². The van der Waals surface area contributed by atoms with Gasteiger partial charge in [-0.3, -0.25) is 4.57 Å². The maximum absolute atomic E-state index is 13.4. The lowest BCUT2D eigenvalue weighted by molar-refractivity contribution is -0.141. The molecule has 0 saturated carbocycles. The molecular formula is C20H25N7O5S. The maximum Gasteiger partial charge on any atom is 0.339 e. The Morgan fingerprint density at radius 3 is 2.48 bits per heavy atom. The van der Waals surface area contributed by atoms with E-state index in [1.54, 1.807) is 37.3 Å². The molecule has 0 radical (unpaired) electrons. The van der Waals surface area contributed by atoms with Gasteiger partial charge < -0.3 is 15.7 Å². The first-order valence-electron chi connectivity index (χ1n) is 10.1. The van der Waals surface area contributed by atoms with Crippen LogP contribution in [-0.4, -0.2) is 64.2 Å². The Morgan fingerprint density at radius 2 is 1.91 bits per heavy atom. The SMILES string of the molecule is CCCS(=N)(=O)c1nc(N)c2c(n1)n(Cc1ccccc1)c(=O)n2C(=O)N(C)C(C)C(=O)O. The summed E-state index contributed by atoms with van der Waals surface area (Å²) in [5.74, 6) is -1.56. The quantitative estimate of drug-likeness (QED) is 0.429. The summed E-state index contributed by atoms with van der Waals surface area (Å²) in [7, 11) is -2.13. The Balaban J connectivity index is 2.32. The summed E-state index contributed by atoms with van der Waals surface area (Å²) in [5, 5.41) is 8.95. The van der Waals surface area contributed by atoms with Crippen LogP contribution in [0.2, 0.25) is 0 Å². The van der Waals surface area contributed by atoms with Crippen molar-refractivity contribution in [3.8, 4) is 0 Å². The minimum Gasteiger partial charge on any atom is -0.480 e. The number of anilines is 1. The molecule has 0 saturated heterocycles. The highest BCUT2D eigenvalue weighted by atomic mass is 32.2. The summed E-state index contributed by atoms with van der Waals surface area (Å²) in [6.07, 6.45) is 0.442. The molecule has 0 fully saturated rings. The molecule has 0 aliphatic heterocycles. The Bertz CT molecular complexity index is 1380. The number of carbonyl (C=O) groups excluding carboxylic acids is 1. The van der Waals surface area contributed by atoms with Crippen molar-refractivity contribution in [1.82, 2.24) is 24.0 Å². The number of benzene rings is 1. The van der Waals surface area contributed by atoms with Crippen LogP contribution >= 0.6 is 0 Å². The summed E-state index contributed by atoms with van der Waals surface area (Å²) in [6.45, 7) is 3.07. The number of fused-ring (bicyclic) bond motifs is 1. The van der Waals surface area contributed by atoms with Gasteiger partial charge in [0, 0.05) is 12.8 Å². The number of carboxylic acids is 1. The van der Waals surface area contributed by atoms with Crippen LogP contribution in [0.3, 0.4) is 0 Å². The number of amides is 1. The number of hydrogen-bond acceptors (Lipinski definition) is 8. The zero-order valence-electron chi connectivity index (χ0n) is 18.4. The van der Waals surface area contributed by atoms with Crippen molar-refractivity contribution in [1.29, 1.82) is 4.78 Å². The molecule has 0 aliphatic rings. The number of nitrogens with one attached hydrogen (secondary N) is 1. The fourth-order valence-corrected chi connectivity index (χ4v) is 4.49. The van der Waals surface area contributed by atoms with Crippen molar-refractivity contribution in [2.24, 2.45) is 0 Å². The van der Waals surface area contributed by atoms with E-state index in [1.165, 1.54) is 18.5 Å². The molecule has 2 heterocycles. The highest BCUT2D eigenvalue weighted by Crippen LogP contribution is 2.22. The van der Waals surface area contributed by atoms with Gasteiger partial charge in [-0.1, -0.05) is 37.3 Å². The van der Waals surface area contributed by atoms with E-state index in [2.05, 4.69) is 9.97 Å². The highest BCUT2D eigenvalue weighted by Gasteiger charge is 2.30. The van der Waals surface area contributed by atoms with Crippen LogP contribution in [0.5, 0.6) is 0 Å². The van der Waals surface area contributed by atoms with Crippen molar-refractivity contribution >= 4 is 38.7 Å². The van der Waals surface area contributed by atoms with Gasteiger partial charge in [-0.2, -0.15) is 4.98 Å². The molecule has 12 nitrogen and oxygen atoms in total. The van der Waals surface area contributed by atoms with Gasteiger partial charge in [0.1, 0.15) is 21.3 Å². The summed E-state index contributed by atoms with van der Waals surface area (Å²) in [5.41, 5.74) is 5.79. The molecule has 2 atom stereocenters. The van der Waals surface area contributed by atoms with Crippen LogP contribution in [0.15, 0.2) is 40.3 Å². The van der Waals surface area contributed by atoms with Crippen LogP contribution in [0.25, 0.3) is 11.2 Å². The maximum atomic E-state index is 13.4. The van der Waals surface area contributed by atoms with Gasteiger partial charge in [0.15, 0.2) is 11.5 Å². The number of likely N-dealkylation sites (N-methyl/N-ethyl adjacent to an activating group) is 1. The molecule has 13 heteroatoms. The predicted molar refractivity (Wildman–Crippen MR) is 122 cm³/mol. The second kappa shape index (κ2) is 9.02. The van der Waals surface area contributed by atoms with Gasteiger partial charge in [-0.05, 0) is 18.9 Å². The number of carboxylic acid groups (broad SMARTS) is 1. The number of nitrogens with two attached hydrogens (primary N) is 1. The molecule has 2 aromatic heterocycles. The van der Waals surface area contributed by atoms with Crippen molar-refractivity contribution in [2.75, 3.05) is 18.5 Å². The second-order valence-corrected chi connectivity index (χ2v) is 9.66. The number of carbonyl (C=O) groups is 2. The number of imidazole rings is 1. The summed E-state index contributed by atoms with van der Waals surface area (Å²) >= 11 is 0. The molecular weight excluding hydrogens is 450 g/mol. The minimum atomic E-state index is -3.38. The first-order chi connectivity index (χ1) is 15.5.